The van der Waals surface area contributed by atoms with E-state index in [2.05, 4.69) is 41.7 Å². The monoisotopic (exact) mass is 420 g/mol. The zero-order valence-electron chi connectivity index (χ0n) is 17.6. The number of fused-ring (bicyclic) bond motifs is 3. The van der Waals surface area contributed by atoms with Crippen LogP contribution in [0.15, 0.2) is 97.1 Å². The van der Waals surface area contributed by atoms with Crippen LogP contribution in [0.2, 0.25) is 0 Å². The lowest BCUT2D eigenvalue weighted by Gasteiger charge is -2.14. The van der Waals surface area contributed by atoms with E-state index in [-0.39, 0.29) is 5.92 Å². The van der Waals surface area contributed by atoms with Crippen molar-refractivity contribution in [3.63, 3.8) is 0 Å². The number of benzene rings is 4. The lowest BCUT2D eigenvalue weighted by molar-refractivity contribution is 0.158. The lowest BCUT2D eigenvalue weighted by Crippen LogP contribution is -2.17. The molecule has 0 aromatic heterocycles. The molecule has 4 aromatic carbocycles. The second-order valence-corrected chi connectivity index (χ2v) is 7.93. The molecule has 0 radical (unpaired) electrons. The molecule has 3 N–H and O–H groups in total. The molecular formula is C28H24N2O2. The molecule has 5 rings (SSSR count). The predicted octanol–water partition coefficient (Wildman–Crippen LogP) is 6.17. The minimum Gasteiger partial charge on any atom is -0.448 e. The summed E-state index contributed by atoms with van der Waals surface area (Å²) >= 11 is 0. The van der Waals surface area contributed by atoms with Gasteiger partial charge in [0.1, 0.15) is 6.61 Å². The molecule has 1 amide bonds. The van der Waals surface area contributed by atoms with Gasteiger partial charge in [-0.25, -0.2) is 4.79 Å². The van der Waals surface area contributed by atoms with Crippen LogP contribution >= 0.6 is 0 Å². The summed E-state index contributed by atoms with van der Waals surface area (Å²) in [6.45, 7) is 0.828. The van der Waals surface area contributed by atoms with E-state index in [9.17, 15) is 4.79 Å². The maximum Gasteiger partial charge on any atom is 0.411 e. The molecule has 0 atom stereocenters. The quantitative estimate of drug-likeness (QED) is 0.406. The van der Waals surface area contributed by atoms with E-state index >= 15 is 0 Å². The van der Waals surface area contributed by atoms with Crippen molar-refractivity contribution in [2.24, 2.45) is 5.73 Å². The minimum atomic E-state index is -0.452. The molecule has 0 heterocycles. The number of ether oxygens (including phenoxy) is 1. The normalized spacial score (nSPS) is 12.2. The van der Waals surface area contributed by atoms with Gasteiger partial charge < -0.3 is 10.5 Å². The van der Waals surface area contributed by atoms with Gasteiger partial charge in [0.25, 0.3) is 0 Å². The first-order chi connectivity index (χ1) is 15.7. The molecule has 4 nitrogen and oxygen atoms in total. The Balaban J connectivity index is 1.24. The summed E-state index contributed by atoms with van der Waals surface area (Å²) in [6.07, 6.45) is -0.452. The fraction of sp³-hybridized carbons (Fsp3) is 0.107. The van der Waals surface area contributed by atoms with Gasteiger partial charge >= 0.3 is 6.09 Å². The van der Waals surface area contributed by atoms with Crippen molar-refractivity contribution in [1.82, 2.24) is 0 Å². The van der Waals surface area contributed by atoms with Gasteiger partial charge in [0.2, 0.25) is 0 Å². The van der Waals surface area contributed by atoms with E-state index < -0.39 is 6.09 Å². The number of anilines is 1. The second-order valence-electron chi connectivity index (χ2n) is 7.93. The van der Waals surface area contributed by atoms with Crippen LogP contribution in [-0.2, 0) is 11.3 Å². The number of hydrogen-bond acceptors (Lipinski definition) is 3. The highest BCUT2D eigenvalue weighted by Crippen LogP contribution is 2.44. The molecule has 4 heteroatoms. The van der Waals surface area contributed by atoms with Crippen molar-refractivity contribution in [3.05, 3.63) is 114 Å². The molecule has 1 aliphatic rings. The van der Waals surface area contributed by atoms with E-state index in [1.807, 2.05) is 60.7 Å². The van der Waals surface area contributed by atoms with Gasteiger partial charge in [0.05, 0.1) is 0 Å². The van der Waals surface area contributed by atoms with Crippen LogP contribution in [0, 0.1) is 0 Å². The Bertz CT molecular complexity index is 1200. The van der Waals surface area contributed by atoms with Crippen molar-refractivity contribution >= 4 is 11.8 Å². The summed E-state index contributed by atoms with van der Waals surface area (Å²) in [5.74, 6) is 0.0482. The third-order valence-corrected chi connectivity index (χ3v) is 6.00. The highest BCUT2D eigenvalue weighted by Gasteiger charge is 2.28. The topological polar surface area (TPSA) is 64.3 Å². The predicted molar refractivity (Wildman–Crippen MR) is 128 cm³/mol. The van der Waals surface area contributed by atoms with Crippen LogP contribution in [0.25, 0.3) is 22.3 Å². The zero-order valence-corrected chi connectivity index (χ0v) is 17.6. The summed E-state index contributed by atoms with van der Waals surface area (Å²) in [4.78, 5) is 12.5. The molecule has 0 bridgehead atoms. The van der Waals surface area contributed by atoms with Gasteiger partial charge in [0, 0.05) is 18.2 Å². The van der Waals surface area contributed by atoms with Gasteiger partial charge in [-0.3, -0.25) is 5.32 Å². The molecule has 1 aliphatic carbocycles. The van der Waals surface area contributed by atoms with Crippen LogP contribution < -0.4 is 11.1 Å². The van der Waals surface area contributed by atoms with Crippen LogP contribution in [-0.4, -0.2) is 12.7 Å². The van der Waals surface area contributed by atoms with Gasteiger partial charge in [-0.2, -0.15) is 0 Å². The highest BCUT2D eigenvalue weighted by molar-refractivity contribution is 5.85. The van der Waals surface area contributed by atoms with Crippen LogP contribution in [0.1, 0.15) is 22.6 Å². The summed E-state index contributed by atoms with van der Waals surface area (Å²) in [5.41, 5.74) is 14.5. The van der Waals surface area contributed by atoms with Gasteiger partial charge in [-0.1, -0.05) is 84.9 Å². The third-order valence-electron chi connectivity index (χ3n) is 6.00. The first-order valence-electron chi connectivity index (χ1n) is 10.7. The molecule has 4 aromatic rings. The van der Waals surface area contributed by atoms with Crippen LogP contribution in [0.4, 0.5) is 10.5 Å². The summed E-state index contributed by atoms with van der Waals surface area (Å²) < 4.78 is 5.62. The summed E-state index contributed by atoms with van der Waals surface area (Å²) in [6, 6.07) is 32.5. The van der Waals surface area contributed by atoms with Crippen molar-refractivity contribution in [3.8, 4) is 22.3 Å². The fourth-order valence-electron chi connectivity index (χ4n) is 4.33. The first kappa shape index (κ1) is 20.0. The molecule has 158 valence electrons. The number of hydrogen-bond donors (Lipinski definition) is 2. The Hall–Kier alpha value is -3.89. The van der Waals surface area contributed by atoms with E-state index in [0.717, 1.165) is 16.7 Å². The number of nitrogens with two attached hydrogens (primary N) is 1. The van der Waals surface area contributed by atoms with Gasteiger partial charge in [-0.05, 0) is 51.1 Å². The Morgan fingerprint density at radius 2 is 1.28 bits per heavy atom. The number of carbonyl (C=O) groups excluding carboxylic acids is 1. The molecule has 0 saturated carbocycles. The Kier molecular flexibility index (Phi) is 5.44. The van der Waals surface area contributed by atoms with E-state index in [1.54, 1.807) is 0 Å². The fourth-order valence-corrected chi connectivity index (χ4v) is 4.33. The van der Waals surface area contributed by atoms with E-state index in [1.165, 1.54) is 22.3 Å². The van der Waals surface area contributed by atoms with Gasteiger partial charge in [0.15, 0.2) is 0 Å². The second kappa shape index (κ2) is 8.69. The molecule has 0 spiro atoms. The standard InChI is InChI=1S/C28H24N2O2/c29-17-19-9-11-20(12-10-19)21-13-15-22(16-14-21)30-28(31)32-18-27-25-7-3-1-5-23(25)24-6-2-4-8-26(24)27/h1-16,27H,17-18,29H2,(H,30,31). The molecule has 0 aliphatic heterocycles. The molecular weight excluding hydrogens is 396 g/mol. The number of nitrogens with one attached hydrogen (secondary N) is 1. The smallest absolute Gasteiger partial charge is 0.411 e. The molecule has 0 unspecified atom stereocenters. The number of rotatable bonds is 5. The van der Waals surface area contributed by atoms with Crippen molar-refractivity contribution in [1.29, 1.82) is 0 Å². The molecule has 0 fully saturated rings. The highest BCUT2D eigenvalue weighted by atomic mass is 16.5. The van der Waals surface area contributed by atoms with Crippen LogP contribution in [0.3, 0.4) is 0 Å². The summed E-state index contributed by atoms with van der Waals surface area (Å²) in [7, 11) is 0. The van der Waals surface area contributed by atoms with Crippen molar-refractivity contribution in [2.75, 3.05) is 11.9 Å². The maximum atomic E-state index is 12.5. The first-order valence-corrected chi connectivity index (χ1v) is 10.7. The van der Waals surface area contributed by atoms with Crippen molar-refractivity contribution in [2.45, 2.75) is 12.5 Å². The zero-order chi connectivity index (χ0) is 21.9. The SMILES string of the molecule is NCc1ccc(-c2ccc(NC(=O)OCC3c4ccccc4-c4ccccc43)cc2)cc1. The third kappa shape index (κ3) is 3.88. The van der Waals surface area contributed by atoms with E-state index in [0.29, 0.717) is 18.8 Å². The average molecular weight is 421 g/mol. The Morgan fingerprint density at radius 3 is 1.84 bits per heavy atom. The Labute approximate surface area is 187 Å². The average Bonchev–Trinajstić information content (AvgIpc) is 3.17. The maximum absolute atomic E-state index is 12.5. The lowest BCUT2D eigenvalue weighted by atomic mass is 9.98. The van der Waals surface area contributed by atoms with Gasteiger partial charge in [-0.15, -0.1) is 0 Å². The minimum absolute atomic E-state index is 0.0482. The number of amides is 1. The van der Waals surface area contributed by atoms with Crippen LogP contribution in [0.5, 0.6) is 0 Å². The Morgan fingerprint density at radius 1 is 0.750 bits per heavy atom. The number of carbonyl (C=O) groups is 1. The largest absolute Gasteiger partial charge is 0.448 e. The molecule has 32 heavy (non-hydrogen) atoms. The van der Waals surface area contributed by atoms with Crippen molar-refractivity contribution < 1.29 is 9.53 Å². The van der Waals surface area contributed by atoms with E-state index in [4.69, 9.17) is 10.5 Å². The molecule has 0 saturated heterocycles. The summed E-state index contributed by atoms with van der Waals surface area (Å²) in [5, 5.41) is 2.83.